The maximum absolute atomic E-state index is 6.23. The van der Waals surface area contributed by atoms with Crippen LogP contribution in [-0.2, 0) is 0 Å². The Hall–Kier alpha value is -1.87. The van der Waals surface area contributed by atoms with Crippen molar-refractivity contribution in [1.29, 1.82) is 0 Å². The SMILES string of the molecule is C/C=C\c1c(C)nc(-c2ccc(N(C)C)cc2)nc1Cl. The number of anilines is 1. The number of nitrogens with zero attached hydrogens (tertiary/aromatic N) is 3. The standard InChI is InChI=1S/C16H18ClN3/c1-5-6-14-11(2)18-16(19-15(14)17)12-7-9-13(10-8-12)20(3)4/h5-10H,1-4H3/b6-5-. The summed E-state index contributed by atoms with van der Waals surface area (Å²) in [6, 6.07) is 8.11. The number of allylic oxidation sites excluding steroid dienone is 1. The molecular weight excluding hydrogens is 270 g/mol. The molecule has 2 rings (SSSR count). The molecule has 0 aliphatic rings. The zero-order chi connectivity index (χ0) is 14.7. The number of rotatable bonds is 3. The molecule has 3 nitrogen and oxygen atoms in total. The van der Waals surface area contributed by atoms with Gasteiger partial charge in [0.1, 0.15) is 5.15 Å². The minimum absolute atomic E-state index is 0.488. The van der Waals surface area contributed by atoms with Crippen LogP contribution in [0.25, 0.3) is 17.5 Å². The maximum atomic E-state index is 6.23. The van der Waals surface area contributed by atoms with E-state index in [0.717, 1.165) is 22.5 Å². The lowest BCUT2D eigenvalue weighted by atomic mass is 10.1. The first-order valence-corrected chi connectivity index (χ1v) is 6.85. The van der Waals surface area contributed by atoms with Crippen LogP contribution < -0.4 is 4.90 Å². The first-order chi connectivity index (χ1) is 9.52. The molecule has 4 heteroatoms. The van der Waals surface area contributed by atoms with Gasteiger partial charge in [0.15, 0.2) is 5.82 Å². The molecule has 0 spiro atoms. The molecule has 0 aliphatic heterocycles. The minimum atomic E-state index is 0.488. The van der Waals surface area contributed by atoms with Crippen molar-refractivity contribution in [3.05, 3.63) is 46.8 Å². The minimum Gasteiger partial charge on any atom is -0.378 e. The summed E-state index contributed by atoms with van der Waals surface area (Å²) in [6.07, 6.45) is 3.86. The second-order valence-electron chi connectivity index (χ2n) is 4.78. The van der Waals surface area contributed by atoms with E-state index in [0.29, 0.717) is 11.0 Å². The molecule has 1 aromatic heterocycles. The second-order valence-corrected chi connectivity index (χ2v) is 5.14. The van der Waals surface area contributed by atoms with Crippen molar-refractivity contribution in [2.24, 2.45) is 0 Å². The summed E-state index contributed by atoms with van der Waals surface area (Å²) in [4.78, 5) is 11.0. The molecule has 0 atom stereocenters. The van der Waals surface area contributed by atoms with Crippen molar-refractivity contribution < 1.29 is 0 Å². The summed E-state index contributed by atoms with van der Waals surface area (Å²) in [5, 5.41) is 0.488. The molecule has 1 heterocycles. The van der Waals surface area contributed by atoms with E-state index in [1.807, 2.05) is 64.4 Å². The lowest BCUT2D eigenvalue weighted by Crippen LogP contribution is -2.08. The second kappa shape index (κ2) is 6.06. The monoisotopic (exact) mass is 287 g/mol. The number of benzene rings is 1. The van der Waals surface area contributed by atoms with Crippen LogP contribution in [-0.4, -0.2) is 24.1 Å². The maximum Gasteiger partial charge on any atom is 0.161 e. The number of aromatic nitrogens is 2. The fourth-order valence-corrected chi connectivity index (χ4v) is 2.22. The van der Waals surface area contributed by atoms with E-state index in [4.69, 9.17) is 11.6 Å². The fourth-order valence-electron chi connectivity index (χ4n) is 1.94. The highest BCUT2D eigenvalue weighted by Gasteiger charge is 2.09. The van der Waals surface area contributed by atoms with Crippen molar-refractivity contribution >= 4 is 23.4 Å². The Balaban J connectivity index is 2.43. The largest absolute Gasteiger partial charge is 0.378 e. The molecule has 0 amide bonds. The van der Waals surface area contributed by atoms with Gasteiger partial charge in [0.2, 0.25) is 0 Å². The van der Waals surface area contributed by atoms with Gasteiger partial charge in [-0.2, -0.15) is 0 Å². The van der Waals surface area contributed by atoms with Crippen molar-refractivity contribution in [2.75, 3.05) is 19.0 Å². The summed E-state index contributed by atoms with van der Waals surface area (Å²) in [6.45, 7) is 3.89. The Kier molecular flexibility index (Phi) is 4.40. The molecule has 0 saturated heterocycles. The van der Waals surface area contributed by atoms with Crippen molar-refractivity contribution in [3.8, 4) is 11.4 Å². The molecule has 2 aromatic rings. The Labute approximate surface area is 124 Å². The molecule has 1 aromatic carbocycles. The van der Waals surface area contributed by atoms with Crippen LogP contribution in [0.2, 0.25) is 5.15 Å². The van der Waals surface area contributed by atoms with Gasteiger partial charge in [-0.3, -0.25) is 0 Å². The normalized spacial score (nSPS) is 11.1. The zero-order valence-corrected chi connectivity index (χ0v) is 12.9. The number of aryl methyl sites for hydroxylation is 1. The van der Waals surface area contributed by atoms with E-state index in [1.165, 1.54) is 0 Å². The molecule has 0 fully saturated rings. The van der Waals surface area contributed by atoms with Crippen molar-refractivity contribution in [3.63, 3.8) is 0 Å². The Morgan fingerprint density at radius 2 is 1.75 bits per heavy atom. The summed E-state index contributed by atoms with van der Waals surface area (Å²) < 4.78 is 0. The zero-order valence-electron chi connectivity index (χ0n) is 12.2. The van der Waals surface area contributed by atoms with Gasteiger partial charge >= 0.3 is 0 Å². The van der Waals surface area contributed by atoms with Gasteiger partial charge in [-0.25, -0.2) is 9.97 Å². The molecule has 0 bridgehead atoms. The highest BCUT2D eigenvalue weighted by molar-refractivity contribution is 6.31. The van der Waals surface area contributed by atoms with Crippen LogP contribution in [0.15, 0.2) is 30.3 Å². The molecule has 0 N–H and O–H groups in total. The average Bonchev–Trinajstić information content (AvgIpc) is 2.42. The van der Waals surface area contributed by atoms with E-state index < -0.39 is 0 Å². The lowest BCUT2D eigenvalue weighted by Gasteiger charge is -2.12. The van der Waals surface area contributed by atoms with Crippen LogP contribution in [0.3, 0.4) is 0 Å². The highest BCUT2D eigenvalue weighted by atomic mass is 35.5. The van der Waals surface area contributed by atoms with Gasteiger partial charge in [0.25, 0.3) is 0 Å². The van der Waals surface area contributed by atoms with Gasteiger partial charge in [-0.05, 0) is 38.1 Å². The summed E-state index contributed by atoms with van der Waals surface area (Å²) in [7, 11) is 4.02. The lowest BCUT2D eigenvalue weighted by molar-refractivity contribution is 1.10. The molecule has 20 heavy (non-hydrogen) atoms. The van der Waals surface area contributed by atoms with E-state index in [-0.39, 0.29) is 0 Å². The first-order valence-electron chi connectivity index (χ1n) is 6.47. The van der Waals surface area contributed by atoms with Gasteiger partial charge in [0.05, 0.1) is 5.69 Å². The smallest absolute Gasteiger partial charge is 0.161 e. The third kappa shape index (κ3) is 2.99. The Morgan fingerprint density at radius 3 is 2.25 bits per heavy atom. The fraction of sp³-hybridized carbons (Fsp3) is 0.250. The summed E-state index contributed by atoms with van der Waals surface area (Å²) >= 11 is 6.23. The van der Waals surface area contributed by atoms with Gasteiger partial charge < -0.3 is 4.90 Å². The predicted octanol–water partition coefficient (Wildman–Crippen LogP) is 4.20. The topological polar surface area (TPSA) is 29.0 Å². The van der Waals surface area contributed by atoms with Crippen LogP contribution in [0, 0.1) is 6.92 Å². The van der Waals surface area contributed by atoms with E-state index >= 15 is 0 Å². The van der Waals surface area contributed by atoms with Crippen molar-refractivity contribution in [2.45, 2.75) is 13.8 Å². The number of hydrogen-bond donors (Lipinski definition) is 0. The molecule has 0 saturated carbocycles. The highest BCUT2D eigenvalue weighted by Crippen LogP contribution is 2.24. The van der Waals surface area contributed by atoms with E-state index in [1.54, 1.807) is 0 Å². The third-order valence-electron chi connectivity index (χ3n) is 3.06. The molecule has 0 unspecified atom stereocenters. The van der Waals surface area contributed by atoms with Crippen LogP contribution >= 0.6 is 11.6 Å². The first kappa shape index (κ1) is 14.5. The average molecular weight is 288 g/mol. The molecule has 0 radical (unpaired) electrons. The van der Waals surface area contributed by atoms with E-state index in [2.05, 4.69) is 14.9 Å². The summed E-state index contributed by atoms with van der Waals surface area (Å²) in [5.41, 5.74) is 3.87. The van der Waals surface area contributed by atoms with Crippen LogP contribution in [0.1, 0.15) is 18.2 Å². The van der Waals surface area contributed by atoms with Crippen LogP contribution in [0.5, 0.6) is 0 Å². The third-order valence-corrected chi connectivity index (χ3v) is 3.35. The van der Waals surface area contributed by atoms with E-state index in [9.17, 15) is 0 Å². The molecular formula is C16H18ClN3. The molecule has 0 aliphatic carbocycles. The van der Waals surface area contributed by atoms with Crippen molar-refractivity contribution in [1.82, 2.24) is 9.97 Å². The van der Waals surface area contributed by atoms with Crippen LogP contribution in [0.4, 0.5) is 5.69 Å². The summed E-state index contributed by atoms with van der Waals surface area (Å²) in [5.74, 6) is 0.658. The molecule has 104 valence electrons. The van der Waals surface area contributed by atoms with Gasteiger partial charge in [0, 0.05) is 30.9 Å². The van der Waals surface area contributed by atoms with Gasteiger partial charge in [-0.1, -0.05) is 23.8 Å². The number of hydrogen-bond acceptors (Lipinski definition) is 3. The Morgan fingerprint density at radius 1 is 1.10 bits per heavy atom. The number of halogens is 1. The predicted molar refractivity (Wildman–Crippen MR) is 86.3 cm³/mol. The quantitative estimate of drug-likeness (QED) is 0.792. The van der Waals surface area contributed by atoms with Gasteiger partial charge in [-0.15, -0.1) is 0 Å². The Bertz CT molecular complexity index is 608.